The first-order chi connectivity index (χ1) is 11.4. The van der Waals surface area contributed by atoms with Crippen molar-refractivity contribution in [2.75, 3.05) is 20.1 Å². The molecule has 0 aromatic carbocycles. The van der Waals surface area contributed by atoms with Gasteiger partial charge in [0.1, 0.15) is 5.54 Å². The van der Waals surface area contributed by atoms with Gasteiger partial charge >= 0.3 is 6.03 Å². The van der Waals surface area contributed by atoms with Gasteiger partial charge in [-0.1, -0.05) is 20.8 Å². The average Bonchev–Trinajstić information content (AvgIpc) is 3.21. The Morgan fingerprint density at radius 1 is 1.20 bits per heavy atom. The number of carbonyl (C=O) groups excluding carboxylic acids is 3. The number of nitrogens with zero attached hydrogens (tertiary/aromatic N) is 1. The molecule has 142 valence electrons. The molecule has 0 heterocycles. The third-order valence-electron chi connectivity index (χ3n) is 5.13. The fourth-order valence-electron chi connectivity index (χ4n) is 4.29. The highest BCUT2D eigenvalue weighted by Gasteiger charge is 2.52. The zero-order chi connectivity index (χ0) is 19.0. The number of amides is 4. The first kappa shape index (κ1) is 19.5. The second kappa shape index (κ2) is 6.48. The summed E-state index contributed by atoms with van der Waals surface area (Å²) in [4.78, 5) is 37.1. The zero-order valence-corrected chi connectivity index (χ0v) is 15.5. The molecular weight excluding hydrogens is 324 g/mol. The molecule has 2 fully saturated rings. The van der Waals surface area contributed by atoms with Crippen molar-refractivity contribution in [1.82, 2.24) is 15.5 Å². The monoisotopic (exact) mass is 354 g/mol. The highest BCUT2D eigenvalue weighted by molar-refractivity contribution is 5.93. The van der Waals surface area contributed by atoms with Gasteiger partial charge in [0.25, 0.3) is 0 Å². The topological polar surface area (TPSA) is 125 Å². The summed E-state index contributed by atoms with van der Waals surface area (Å²) in [6, 6.07) is -0.741. The maximum atomic E-state index is 12.6. The molecule has 4 amide bonds. The highest BCUT2D eigenvalue weighted by atomic mass is 16.3. The van der Waals surface area contributed by atoms with Crippen LogP contribution in [-0.4, -0.2) is 59.6 Å². The van der Waals surface area contributed by atoms with E-state index in [4.69, 9.17) is 5.73 Å². The van der Waals surface area contributed by atoms with E-state index >= 15 is 0 Å². The minimum Gasteiger partial charge on any atom is -0.389 e. The lowest BCUT2D eigenvalue weighted by molar-refractivity contribution is -0.153. The Hall–Kier alpha value is -1.83. The largest absolute Gasteiger partial charge is 0.389 e. The van der Waals surface area contributed by atoms with Gasteiger partial charge in [-0.25, -0.2) is 4.79 Å². The van der Waals surface area contributed by atoms with Crippen molar-refractivity contribution in [1.29, 1.82) is 0 Å². The molecule has 0 aromatic heterocycles. The number of nitrogens with two attached hydrogens (primary N) is 1. The predicted octanol–water partition coefficient (Wildman–Crippen LogP) is -0.0509. The first-order valence-electron chi connectivity index (χ1n) is 8.69. The Bertz CT molecular complexity index is 563. The van der Waals surface area contributed by atoms with Gasteiger partial charge in [-0.05, 0) is 31.1 Å². The quantitative estimate of drug-likeness (QED) is 0.511. The van der Waals surface area contributed by atoms with E-state index in [1.807, 2.05) is 6.92 Å². The summed E-state index contributed by atoms with van der Waals surface area (Å²) >= 11 is 0. The van der Waals surface area contributed by atoms with E-state index in [1.165, 1.54) is 4.90 Å². The number of hydrogen-bond acceptors (Lipinski definition) is 4. The fraction of sp³-hybridized carbons (Fsp3) is 0.824. The molecule has 5 N–H and O–H groups in total. The van der Waals surface area contributed by atoms with E-state index in [0.29, 0.717) is 12.8 Å². The van der Waals surface area contributed by atoms with Crippen LogP contribution < -0.4 is 16.4 Å². The number of aliphatic hydroxyl groups excluding tert-OH is 1. The Labute approximate surface area is 148 Å². The fourth-order valence-corrected chi connectivity index (χ4v) is 4.29. The molecule has 0 spiro atoms. The lowest BCUT2D eigenvalue weighted by Crippen LogP contribution is -2.54. The third kappa shape index (κ3) is 4.42. The van der Waals surface area contributed by atoms with Crippen molar-refractivity contribution in [2.24, 2.45) is 16.6 Å². The number of rotatable bonds is 7. The molecule has 2 aliphatic rings. The molecular formula is C17H30N4O4. The molecule has 0 saturated heterocycles. The Morgan fingerprint density at radius 3 is 2.20 bits per heavy atom. The minimum atomic E-state index is -0.932. The van der Waals surface area contributed by atoms with Crippen molar-refractivity contribution in [2.45, 2.75) is 58.1 Å². The number of primary amides is 1. The third-order valence-corrected chi connectivity index (χ3v) is 5.13. The average molecular weight is 354 g/mol. The van der Waals surface area contributed by atoms with Gasteiger partial charge in [-0.15, -0.1) is 0 Å². The summed E-state index contributed by atoms with van der Waals surface area (Å²) in [6.07, 6.45) is 1.85. The van der Waals surface area contributed by atoms with Gasteiger partial charge < -0.3 is 26.4 Å². The van der Waals surface area contributed by atoms with Crippen molar-refractivity contribution in [3.05, 3.63) is 0 Å². The number of nitrogens with one attached hydrogen (secondary N) is 2. The lowest BCUT2D eigenvalue weighted by Gasteiger charge is -2.51. The Morgan fingerprint density at radius 2 is 1.76 bits per heavy atom. The summed E-state index contributed by atoms with van der Waals surface area (Å²) in [5.74, 6) is -0.335. The molecule has 0 bridgehead atoms. The van der Waals surface area contributed by atoms with Gasteiger partial charge in [0.05, 0.1) is 6.10 Å². The number of aliphatic hydroxyl groups is 1. The Kier molecular flexibility index (Phi) is 5.05. The van der Waals surface area contributed by atoms with E-state index in [0.717, 1.165) is 12.8 Å². The standard InChI is InChI=1S/C17H30N4O4/c1-15(2)9-16(3,10-15)13(24)21(4)8-11(22)7-19-12(23)17(5-6-17)20-14(18)25/h11,22H,5-10H2,1-4H3,(H,19,23)(H3,18,20,25). The maximum Gasteiger partial charge on any atom is 0.313 e. The van der Waals surface area contributed by atoms with Gasteiger partial charge in [0.2, 0.25) is 11.8 Å². The second-order valence-corrected chi connectivity index (χ2v) is 8.70. The number of likely N-dealkylation sites (N-methyl/N-ethyl adjacent to an activating group) is 1. The van der Waals surface area contributed by atoms with Crippen LogP contribution in [0.3, 0.4) is 0 Å². The zero-order valence-electron chi connectivity index (χ0n) is 15.5. The summed E-state index contributed by atoms with van der Waals surface area (Å²) < 4.78 is 0. The number of hydrogen-bond donors (Lipinski definition) is 4. The van der Waals surface area contributed by atoms with Crippen LogP contribution in [0.25, 0.3) is 0 Å². The van der Waals surface area contributed by atoms with Crippen LogP contribution in [0, 0.1) is 10.8 Å². The molecule has 2 aliphatic carbocycles. The van der Waals surface area contributed by atoms with E-state index in [2.05, 4.69) is 24.5 Å². The van der Waals surface area contributed by atoms with Crippen LogP contribution in [0.5, 0.6) is 0 Å². The van der Waals surface area contributed by atoms with Crippen LogP contribution >= 0.6 is 0 Å². The van der Waals surface area contributed by atoms with E-state index in [-0.39, 0.29) is 35.7 Å². The molecule has 0 radical (unpaired) electrons. The smallest absolute Gasteiger partial charge is 0.313 e. The van der Waals surface area contributed by atoms with E-state index in [1.54, 1.807) is 7.05 Å². The molecule has 1 atom stereocenters. The molecule has 8 nitrogen and oxygen atoms in total. The van der Waals surface area contributed by atoms with Crippen LogP contribution in [0.15, 0.2) is 0 Å². The first-order valence-corrected chi connectivity index (χ1v) is 8.69. The molecule has 8 heteroatoms. The van der Waals surface area contributed by atoms with Gasteiger partial charge in [0.15, 0.2) is 0 Å². The van der Waals surface area contributed by atoms with Gasteiger partial charge in [-0.3, -0.25) is 9.59 Å². The van der Waals surface area contributed by atoms with E-state index < -0.39 is 17.7 Å². The SMILES string of the molecule is CN(CC(O)CNC(=O)C1(NC(N)=O)CC1)C(=O)C1(C)CC(C)(C)C1. The molecule has 0 aliphatic heterocycles. The summed E-state index contributed by atoms with van der Waals surface area (Å²) in [7, 11) is 1.67. The summed E-state index contributed by atoms with van der Waals surface area (Å²) in [6.45, 7) is 6.39. The van der Waals surface area contributed by atoms with Crippen molar-refractivity contribution >= 4 is 17.8 Å². The Balaban J connectivity index is 1.76. The van der Waals surface area contributed by atoms with Crippen molar-refractivity contribution in [3.63, 3.8) is 0 Å². The van der Waals surface area contributed by atoms with Crippen molar-refractivity contribution < 1.29 is 19.5 Å². The van der Waals surface area contributed by atoms with Gasteiger partial charge in [0, 0.05) is 25.6 Å². The molecule has 1 unspecified atom stereocenters. The predicted molar refractivity (Wildman–Crippen MR) is 92.5 cm³/mol. The summed E-state index contributed by atoms with van der Waals surface area (Å²) in [5, 5.41) is 15.2. The van der Waals surface area contributed by atoms with Crippen LogP contribution in [0.4, 0.5) is 4.79 Å². The molecule has 0 aromatic rings. The lowest BCUT2D eigenvalue weighted by atomic mass is 9.55. The number of urea groups is 1. The van der Waals surface area contributed by atoms with Crippen LogP contribution in [0.2, 0.25) is 0 Å². The molecule has 2 saturated carbocycles. The normalized spacial score (nSPS) is 22.9. The maximum absolute atomic E-state index is 12.6. The summed E-state index contributed by atoms with van der Waals surface area (Å²) in [5.41, 5.74) is 3.95. The number of carbonyl (C=O) groups is 3. The second-order valence-electron chi connectivity index (χ2n) is 8.70. The van der Waals surface area contributed by atoms with E-state index in [9.17, 15) is 19.5 Å². The van der Waals surface area contributed by atoms with Crippen LogP contribution in [0.1, 0.15) is 46.5 Å². The van der Waals surface area contributed by atoms with Crippen LogP contribution in [-0.2, 0) is 9.59 Å². The minimum absolute atomic E-state index is 0.0147. The highest BCUT2D eigenvalue weighted by Crippen LogP contribution is 2.54. The molecule has 25 heavy (non-hydrogen) atoms. The van der Waals surface area contributed by atoms with Gasteiger partial charge in [-0.2, -0.15) is 0 Å². The van der Waals surface area contributed by atoms with Crippen molar-refractivity contribution in [3.8, 4) is 0 Å². The molecule has 2 rings (SSSR count).